The molecule has 1 rings (SSSR count). The van der Waals surface area contributed by atoms with Gasteiger partial charge in [-0.15, -0.1) is 5.92 Å². The molecule has 4 nitrogen and oxygen atoms in total. The average Bonchev–Trinajstić information content (AvgIpc) is 2.37. The zero-order valence-electron chi connectivity index (χ0n) is 10.3. The second kappa shape index (κ2) is 7.02. The molecule has 94 valence electrons. The molecule has 0 saturated heterocycles. The molecule has 1 aromatic carbocycles. The minimum Gasteiger partial charge on any atom is -0.497 e. The van der Waals surface area contributed by atoms with Crippen LogP contribution in [0.4, 0.5) is 0 Å². The molecule has 0 aliphatic rings. The topological polar surface area (TPSA) is 55.8 Å². The number of benzene rings is 1. The van der Waals surface area contributed by atoms with Crippen molar-refractivity contribution in [3.63, 3.8) is 0 Å². The highest BCUT2D eigenvalue weighted by Crippen LogP contribution is 2.25. The van der Waals surface area contributed by atoms with Crippen molar-refractivity contribution in [1.82, 2.24) is 0 Å². The van der Waals surface area contributed by atoms with Crippen molar-refractivity contribution in [2.45, 2.75) is 6.92 Å². The summed E-state index contributed by atoms with van der Waals surface area (Å²) in [6, 6.07) is 5.17. The van der Waals surface area contributed by atoms with Crippen LogP contribution in [0.25, 0.3) is 6.08 Å². The predicted molar refractivity (Wildman–Crippen MR) is 68.6 cm³/mol. The smallest absolute Gasteiger partial charge is 0.328 e. The van der Waals surface area contributed by atoms with Crippen LogP contribution < -0.4 is 9.47 Å². The predicted octanol–water partition coefficient (Wildman–Crippen LogP) is 2.20. The second-order valence-electron chi connectivity index (χ2n) is 3.29. The average molecular weight is 246 g/mol. The van der Waals surface area contributed by atoms with Crippen LogP contribution in [0.5, 0.6) is 11.5 Å². The number of methoxy groups -OCH3 is 1. The second-order valence-corrected chi connectivity index (χ2v) is 3.29. The quantitative estimate of drug-likeness (QED) is 0.639. The molecule has 1 N–H and O–H groups in total. The SMILES string of the molecule is CC#CCOc1ccc(OC)cc1C=CC(=O)O. The van der Waals surface area contributed by atoms with Crippen molar-refractivity contribution < 1.29 is 19.4 Å². The van der Waals surface area contributed by atoms with Gasteiger partial charge in [-0.1, -0.05) is 5.92 Å². The molecule has 0 aromatic heterocycles. The molecule has 0 heterocycles. The van der Waals surface area contributed by atoms with Crippen LogP contribution in [0.2, 0.25) is 0 Å². The Hall–Kier alpha value is -2.41. The zero-order valence-corrected chi connectivity index (χ0v) is 10.3. The lowest BCUT2D eigenvalue weighted by atomic mass is 10.1. The summed E-state index contributed by atoms with van der Waals surface area (Å²) in [6.07, 6.45) is 2.51. The van der Waals surface area contributed by atoms with Gasteiger partial charge in [0, 0.05) is 11.6 Å². The molecule has 0 atom stereocenters. The maximum atomic E-state index is 10.5. The van der Waals surface area contributed by atoms with E-state index in [4.69, 9.17) is 14.6 Å². The summed E-state index contributed by atoms with van der Waals surface area (Å²) >= 11 is 0. The number of carboxylic acid groups (broad SMARTS) is 1. The van der Waals surface area contributed by atoms with Gasteiger partial charge in [0.2, 0.25) is 0 Å². The fourth-order valence-electron chi connectivity index (χ4n) is 1.26. The van der Waals surface area contributed by atoms with Crippen LogP contribution in [0.1, 0.15) is 12.5 Å². The summed E-state index contributed by atoms with van der Waals surface area (Å²) in [6.45, 7) is 1.99. The normalized spacial score (nSPS) is 9.67. The Morgan fingerprint density at radius 3 is 2.89 bits per heavy atom. The van der Waals surface area contributed by atoms with Crippen LogP contribution >= 0.6 is 0 Å². The third kappa shape index (κ3) is 4.22. The van der Waals surface area contributed by atoms with Gasteiger partial charge < -0.3 is 14.6 Å². The maximum absolute atomic E-state index is 10.5. The van der Waals surface area contributed by atoms with E-state index < -0.39 is 5.97 Å². The number of hydrogen-bond acceptors (Lipinski definition) is 3. The highest BCUT2D eigenvalue weighted by Gasteiger charge is 2.03. The number of rotatable bonds is 5. The minimum atomic E-state index is -1.02. The van der Waals surface area contributed by atoms with Gasteiger partial charge in [0.05, 0.1) is 7.11 Å². The molecule has 0 amide bonds. The number of hydrogen-bond donors (Lipinski definition) is 1. The Morgan fingerprint density at radius 2 is 2.28 bits per heavy atom. The first-order valence-corrected chi connectivity index (χ1v) is 5.29. The van der Waals surface area contributed by atoms with E-state index in [-0.39, 0.29) is 6.61 Å². The van der Waals surface area contributed by atoms with Gasteiger partial charge in [-0.3, -0.25) is 0 Å². The zero-order chi connectivity index (χ0) is 13.4. The Morgan fingerprint density at radius 1 is 1.50 bits per heavy atom. The molecular formula is C14H14O4. The highest BCUT2D eigenvalue weighted by molar-refractivity contribution is 5.86. The lowest BCUT2D eigenvalue weighted by Crippen LogP contribution is -1.97. The van der Waals surface area contributed by atoms with Crippen molar-refractivity contribution in [2.24, 2.45) is 0 Å². The molecular weight excluding hydrogens is 232 g/mol. The molecule has 0 bridgehead atoms. The van der Waals surface area contributed by atoms with Gasteiger partial charge in [-0.25, -0.2) is 4.79 Å². The Balaban J connectivity index is 2.98. The lowest BCUT2D eigenvalue weighted by Gasteiger charge is -2.08. The van der Waals surface area contributed by atoms with Crippen LogP contribution in [-0.2, 0) is 4.79 Å². The Labute approximate surface area is 106 Å². The monoisotopic (exact) mass is 246 g/mol. The van der Waals surface area contributed by atoms with Crippen molar-refractivity contribution in [2.75, 3.05) is 13.7 Å². The third-order valence-electron chi connectivity index (χ3n) is 2.10. The summed E-state index contributed by atoms with van der Waals surface area (Å²) in [7, 11) is 1.54. The number of aliphatic carboxylic acids is 1. The van der Waals surface area contributed by atoms with E-state index >= 15 is 0 Å². The standard InChI is InChI=1S/C14H14O4/c1-3-4-9-18-13-7-6-12(17-2)10-11(13)5-8-14(15)16/h5-8,10H,9H2,1-2H3,(H,15,16). The first-order chi connectivity index (χ1) is 8.67. The molecule has 4 heteroatoms. The Kier molecular flexibility index (Phi) is 5.33. The number of carbonyl (C=O) groups is 1. The summed E-state index contributed by atoms with van der Waals surface area (Å²) < 4.78 is 10.5. The maximum Gasteiger partial charge on any atom is 0.328 e. The van der Waals surface area contributed by atoms with E-state index in [9.17, 15) is 4.79 Å². The summed E-state index contributed by atoms with van der Waals surface area (Å²) in [5.41, 5.74) is 0.634. The van der Waals surface area contributed by atoms with Crippen LogP contribution in [0.3, 0.4) is 0 Å². The van der Waals surface area contributed by atoms with Gasteiger partial charge in [0.25, 0.3) is 0 Å². The highest BCUT2D eigenvalue weighted by atomic mass is 16.5. The van der Waals surface area contributed by atoms with Crippen LogP contribution in [0.15, 0.2) is 24.3 Å². The number of ether oxygens (including phenoxy) is 2. The largest absolute Gasteiger partial charge is 0.497 e. The van der Waals surface area contributed by atoms with Crippen molar-refractivity contribution in [3.05, 3.63) is 29.8 Å². The fourth-order valence-corrected chi connectivity index (χ4v) is 1.26. The van der Waals surface area contributed by atoms with Crippen molar-refractivity contribution >= 4 is 12.0 Å². The molecule has 0 aliphatic carbocycles. The molecule has 18 heavy (non-hydrogen) atoms. The van der Waals surface area contributed by atoms with Crippen LogP contribution in [-0.4, -0.2) is 24.8 Å². The van der Waals surface area contributed by atoms with Gasteiger partial charge in [0.1, 0.15) is 18.1 Å². The first kappa shape index (κ1) is 13.7. The summed E-state index contributed by atoms with van der Waals surface area (Å²) in [5, 5.41) is 8.63. The lowest BCUT2D eigenvalue weighted by molar-refractivity contribution is -0.131. The summed E-state index contributed by atoms with van der Waals surface area (Å²) in [4.78, 5) is 10.5. The molecule has 0 spiro atoms. The molecule has 0 aliphatic heterocycles. The first-order valence-electron chi connectivity index (χ1n) is 5.29. The van der Waals surface area contributed by atoms with Crippen molar-refractivity contribution in [3.8, 4) is 23.3 Å². The summed E-state index contributed by atoms with van der Waals surface area (Å²) in [5.74, 6) is 5.67. The molecule has 0 unspecified atom stereocenters. The Bertz CT molecular complexity index is 506. The van der Waals surface area contributed by atoms with Gasteiger partial charge in [-0.05, 0) is 31.2 Å². The third-order valence-corrected chi connectivity index (χ3v) is 2.10. The van der Waals surface area contributed by atoms with E-state index in [1.54, 1.807) is 32.2 Å². The van der Waals surface area contributed by atoms with Gasteiger partial charge >= 0.3 is 5.97 Å². The van der Waals surface area contributed by atoms with E-state index in [1.807, 2.05) is 0 Å². The molecule has 0 radical (unpaired) electrons. The molecule has 0 saturated carbocycles. The van der Waals surface area contributed by atoms with E-state index in [1.165, 1.54) is 6.08 Å². The van der Waals surface area contributed by atoms with Crippen molar-refractivity contribution in [1.29, 1.82) is 0 Å². The molecule has 1 aromatic rings. The van der Waals surface area contributed by atoms with E-state index in [0.717, 1.165) is 6.08 Å². The van der Waals surface area contributed by atoms with Crippen LogP contribution in [0, 0.1) is 11.8 Å². The van der Waals surface area contributed by atoms with E-state index in [0.29, 0.717) is 17.1 Å². The van der Waals surface area contributed by atoms with Gasteiger partial charge in [0.15, 0.2) is 0 Å². The minimum absolute atomic E-state index is 0.261. The number of carboxylic acids is 1. The molecule has 0 fully saturated rings. The van der Waals surface area contributed by atoms with Gasteiger partial charge in [-0.2, -0.15) is 0 Å². The fraction of sp³-hybridized carbons (Fsp3) is 0.214. The van der Waals surface area contributed by atoms with E-state index in [2.05, 4.69) is 11.8 Å².